The van der Waals surface area contributed by atoms with E-state index in [2.05, 4.69) is 10.6 Å². The average molecular weight is 433 g/mol. The summed E-state index contributed by atoms with van der Waals surface area (Å²) in [7, 11) is 0. The van der Waals surface area contributed by atoms with Crippen molar-refractivity contribution in [2.45, 2.75) is 45.3 Å². The first kappa shape index (κ1) is 21.7. The first-order valence-electron chi connectivity index (χ1n) is 10.9. The van der Waals surface area contributed by atoms with E-state index < -0.39 is 0 Å². The van der Waals surface area contributed by atoms with Crippen molar-refractivity contribution in [2.75, 3.05) is 6.61 Å². The maximum absolute atomic E-state index is 13.3. The first-order chi connectivity index (χ1) is 15.6. The predicted octanol–water partition coefficient (Wildman–Crippen LogP) is 3.95. The summed E-state index contributed by atoms with van der Waals surface area (Å²) in [6.45, 7) is 4.78. The van der Waals surface area contributed by atoms with Gasteiger partial charge in [-0.25, -0.2) is 0 Å². The molecule has 2 aromatic carbocycles. The van der Waals surface area contributed by atoms with Gasteiger partial charge in [0.15, 0.2) is 0 Å². The Kier molecular flexibility index (Phi) is 6.59. The SMILES string of the molecule is CC1=C(COC=O)C(c2ccccc2OCc2ccccc2)C(C(=O)NC2CC2)=C(C)N1. The summed E-state index contributed by atoms with van der Waals surface area (Å²) >= 11 is 0. The van der Waals surface area contributed by atoms with Gasteiger partial charge in [0.1, 0.15) is 19.0 Å². The number of carbonyl (C=O) groups is 2. The van der Waals surface area contributed by atoms with Crippen LogP contribution in [0.1, 0.15) is 43.7 Å². The van der Waals surface area contributed by atoms with Crippen molar-refractivity contribution in [1.29, 1.82) is 0 Å². The monoisotopic (exact) mass is 432 g/mol. The fourth-order valence-electron chi connectivity index (χ4n) is 4.07. The van der Waals surface area contributed by atoms with Crippen molar-refractivity contribution < 1.29 is 19.1 Å². The maximum Gasteiger partial charge on any atom is 0.293 e. The normalized spacial score (nSPS) is 18.1. The van der Waals surface area contributed by atoms with E-state index >= 15 is 0 Å². The number of ether oxygens (including phenoxy) is 2. The van der Waals surface area contributed by atoms with E-state index in [1.54, 1.807) is 0 Å². The van der Waals surface area contributed by atoms with Gasteiger partial charge < -0.3 is 20.1 Å². The molecule has 0 bridgehead atoms. The fourth-order valence-corrected chi connectivity index (χ4v) is 4.07. The molecule has 4 rings (SSSR count). The van der Waals surface area contributed by atoms with Gasteiger partial charge in [-0.2, -0.15) is 0 Å². The Morgan fingerprint density at radius 1 is 1.03 bits per heavy atom. The summed E-state index contributed by atoms with van der Waals surface area (Å²) in [5.74, 6) is 0.211. The molecule has 0 spiro atoms. The minimum atomic E-state index is -0.387. The molecule has 0 radical (unpaired) electrons. The molecule has 1 heterocycles. The summed E-state index contributed by atoms with van der Waals surface area (Å²) in [6.07, 6.45) is 2.01. The number of nitrogens with one attached hydrogen (secondary N) is 2. The molecule has 2 N–H and O–H groups in total. The van der Waals surface area contributed by atoms with Gasteiger partial charge in [-0.3, -0.25) is 9.59 Å². The molecule has 32 heavy (non-hydrogen) atoms. The largest absolute Gasteiger partial charge is 0.489 e. The van der Waals surface area contributed by atoms with Crippen molar-refractivity contribution >= 4 is 12.4 Å². The molecule has 1 amide bonds. The Balaban J connectivity index is 1.72. The van der Waals surface area contributed by atoms with Gasteiger partial charge in [0, 0.05) is 34.5 Å². The second-order valence-corrected chi connectivity index (χ2v) is 8.21. The smallest absolute Gasteiger partial charge is 0.293 e. The maximum atomic E-state index is 13.3. The van der Waals surface area contributed by atoms with Crippen molar-refractivity contribution in [2.24, 2.45) is 0 Å². The van der Waals surface area contributed by atoms with Crippen molar-refractivity contribution in [3.05, 3.63) is 88.3 Å². The topological polar surface area (TPSA) is 76.7 Å². The molecule has 166 valence electrons. The minimum Gasteiger partial charge on any atom is -0.489 e. The molecule has 1 aliphatic heterocycles. The van der Waals surface area contributed by atoms with Gasteiger partial charge in [0.2, 0.25) is 5.91 Å². The Morgan fingerprint density at radius 3 is 2.47 bits per heavy atom. The zero-order chi connectivity index (χ0) is 22.5. The zero-order valence-corrected chi connectivity index (χ0v) is 18.4. The summed E-state index contributed by atoms with van der Waals surface area (Å²) in [5.41, 5.74) is 5.05. The van der Waals surface area contributed by atoms with Gasteiger partial charge in [-0.1, -0.05) is 48.5 Å². The van der Waals surface area contributed by atoms with Crippen LogP contribution in [0.2, 0.25) is 0 Å². The molecule has 2 aliphatic rings. The lowest BCUT2D eigenvalue weighted by Gasteiger charge is -2.32. The second-order valence-electron chi connectivity index (χ2n) is 8.21. The van der Waals surface area contributed by atoms with E-state index in [9.17, 15) is 9.59 Å². The summed E-state index contributed by atoms with van der Waals surface area (Å²) in [4.78, 5) is 24.3. The lowest BCUT2D eigenvalue weighted by Crippen LogP contribution is -2.36. The Labute approximate surface area is 188 Å². The fraction of sp³-hybridized carbons (Fsp3) is 0.308. The van der Waals surface area contributed by atoms with Crippen LogP contribution in [0.4, 0.5) is 0 Å². The van der Waals surface area contributed by atoms with E-state index in [0.29, 0.717) is 24.4 Å². The highest BCUT2D eigenvalue weighted by molar-refractivity contribution is 5.97. The summed E-state index contributed by atoms with van der Waals surface area (Å²) in [5, 5.41) is 6.41. The van der Waals surface area contributed by atoms with E-state index in [1.807, 2.05) is 68.4 Å². The zero-order valence-electron chi connectivity index (χ0n) is 18.4. The molecule has 1 atom stereocenters. The third-order valence-corrected chi connectivity index (χ3v) is 5.83. The molecule has 1 aliphatic carbocycles. The molecule has 1 saturated carbocycles. The molecule has 1 fully saturated rings. The number of carbonyl (C=O) groups excluding carboxylic acids is 2. The summed E-state index contributed by atoms with van der Waals surface area (Å²) in [6, 6.07) is 17.9. The molecular weight excluding hydrogens is 404 g/mol. The number of hydrogen-bond acceptors (Lipinski definition) is 5. The lowest BCUT2D eigenvalue weighted by atomic mass is 9.80. The van der Waals surface area contributed by atoms with Crippen molar-refractivity contribution in [3.8, 4) is 5.75 Å². The van der Waals surface area contributed by atoms with E-state index in [0.717, 1.165) is 40.9 Å². The Hall–Kier alpha value is -3.54. The van der Waals surface area contributed by atoms with Crippen LogP contribution in [0.3, 0.4) is 0 Å². The van der Waals surface area contributed by atoms with Gasteiger partial charge in [-0.05, 0) is 43.9 Å². The molecule has 1 unspecified atom stereocenters. The molecule has 0 saturated heterocycles. The van der Waals surface area contributed by atoms with Crippen LogP contribution >= 0.6 is 0 Å². The average Bonchev–Trinajstić information content (AvgIpc) is 3.61. The number of amides is 1. The number of dihydropyridines is 1. The number of benzene rings is 2. The predicted molar refractivity (Wildman–Crippen MR) is 122 cm³/mol. The van der Waals surface area contributed by atoms with Gasteiger partial charge in [-0.15, -0.1) is 0 Å². The first-order valence-corrected chi connectivity index (χ1v) is 10.9. The molecule has 0 aromatic heterocycles. The standard InChI is InChI=1S/C26H28N2O4/c1-17-22(15-31-16-29)25(24(18(2)27-17)26(30)28-20-12-13-20)21-10-6-7-11-23(21)32-14-19-8-4-3-5-9-19/h3-11,16,20,25,27H,12-15H2,1-2H3,(H,28,30). The van der Waals surface area contributed by atoms with E-state index in [-0.39, 0.29) is 24.5 Å². The van der Waals surface area contributed by atoms with E-state index in [4.69, 9.17) is 9.47 Å². The van der Waals surface area contributed by atoms with Crippen molar-refractivity contribution in [1.82, 2.24) is 10.6 Å². The van der Waals surface area contributed by atoms with Crippen LogP contribution in [-0.2, 0) is 20.9 Å². The molecule has 6 heteroatoms. The van der Waals surface area contributed by atoms with Crippen LogP contribution in [-0.4, -0.2) is 25.0 Å². The van der Waals surface area contributed by atoms with Crippen LogP contribution in [0.15, 0.2) is 77.1 Å². The molecule has 6 nitrogen and oxygen atoms in total. The Morgan fingerprint density at radius 2 is 1.75 bits per heavy atom. The molecule has 2 aromatic rings. The summed E-state index contributed by atoms with van der Waals surface area (Å²) < 4.78 is 11.4. The van der Waals surface area contributed by atoms with Gasteiger partial charge in [0.05, 0.1) is 0 Å². The van der Waals surface area contributed by atoms with Crippen LogP contribution in [0, 0.1) is 0 Å². The third-order valence-electron chi connectivity index (χ3n) is 5.83. The highest BCUT2D eigenvalue weighted by atomic mass is 16.5. The Bertz CT molecular complexity index is 1050. The van der Waals surface area contributed by atoms with Crippen LogP contribution in [0.25, 0.3) is 0 Å². The third kappa shape index (κ3) is 4.85. The van der Waals surface area contributed by atoms with Crippen molar-refractivity contribution in [3.63, 3.8) is 0 Å². The number of hydrogen-bond donors (Lipinski definition) is 2. The quantitative estimate of drug-likeness (QED) is 0.587. The van der Waals surface area contributed by atoms with E-state index in [1.165, 1.54) is 0 Å². The van der Waals surface area contributed by atoms with Crippen LogP contribution in [0.5, 0.6) is 5.75 Å². The lowest BCUT2D eigenvalue weighted by molar-refractivity contribution is -0.127. The highest BCUT2D eigenvalue weighted by Gasteiger charge is 2.36. The number of rotatable bonds is 9. The molecular formula is C26H28N2O4. The van der Waals surface area contributed by atoms with Gasteiger partial charge >= 0.3 is 0 Å². The van der Waals surface area contributed by atoms with Crippen LogP contribution < -0.4 is 15.4 Å². The minimum absolute atomic E-state index is 0.0908. The van der Waals surface area contributed by atoms with Gasteiger partial charge in [0.25, 0.3) is 6.47 Å². The number of allylic oxidation sites excluding steroid dienone is 2. The number of para-hydroxylation sites is 1. The second kappa shape index (κ2) is 9.73. The highest BCUT2D eigenvalue weighted by Crippen LogP contribution is 2.42.